The first-order valence-corrected chi connectivity index (χ1v) is 6.65. The van der Waals surface area contributed by atoms with Gasteiger partial charge in [-0.2, -0.15) is 13.2 Å². The van der Waals surface area contributed by atoms with Crippen LogP contribution in [-0.2, 0) is 6.54 Å². The second-order valence-corrected chi connectivity index (χ2v) is 4.87. The molecule has 0 spiro atoms. The van der Waals surface area contributed by atoms with Crippen LogP contribution in [-0.4, -0.2) is 22.7 Å². The number of nitrogens with one attached hydrogen (secondary N) is 1. The molecule has 0 bridgehead atoms. The van der Waals surface area contributed by atoms with E-state index in [1.165, 1.54) is 30.5 Å². The maximum atomic E-state index is 12.8. The zero-order chi connectivity index (χ0) is 16.2. The molecule has 0 aliphatic rings. The number of furan rings is 1. The first-order valence-electron chi connectivity index (χ1n) is 6.24. The highest BCUT2D eigenvalue weighted by Gasteiger charge is 2.32. The second kappa shape index (κ2) is 6.78. The first kappa shape index (κ1) is 16.3. The van der Waals surface area contributed by atoms with E-state index in [1.54, 1.807) is 12.1 Å². The number of rotatable bonds is 4. The maximum Gasteiger partial charge on any atom is 0.406 e. The van der Waals surface area contributed by atoms with E-state index in [-0.39, 0.29) is 11.7 Å². The largest absolute Gasteiger partial charge is 0.467 e. The van der Waals surface area contributed by atoms with Crippen LogP contribution < -0.4 is 5.32 Å². The number of benzene rings is 1. The molecule has 3 nitrogen and oxygen atoms in total. The molecule has 0 fully saturated rings. The summed E-state index contributed by atoms with van der Waals surface area (Å²) < 4.78 is 55.9. The van der Waals surface area contributed by atoms with Crippen LogP contribution in [0.15, 0.2) is 47.1 Å². The SMILES string of the molecule is Fc1ccc(NC(=S)N(Cc2ccco2)CC(F)(F)F)cc1. The molecule has 1 aromatic heterocycles. The van der Waals surface area contributed by atoms with Gasteiger partial charge in [0.05, 0.1) is 12.8 Å². The molecule has 0 saturated carbocycles. The van der Waals surface area contributed by atoms with Crippen LogP contribution in [0, 0.1) is 5.82 Å². The van der Waals surface area contributed by atoms with Crippen molar-refractivity contribution < 1.29 is 22.0 Å². The molecular formula is C14H12F4N2OS. The third kappa shape index (κ3) is 5.03. The van der Waals surface area contributed by atoms with E-state index in [9.17, 15) is 17.6 Å². The third-order valence-electron chi connectivity index (χ3n) is 2.68. The number of halogens is 4. The minimum Gasteiger partial charge on any atom is -0.467 e. The molecule has 8 heteroatoms. The average Bonchev–Trinajstić information content (AvgIpc) is 2.92. The molecular weight excluding hydrogens is 320 g/mol. The van der Waals surface area contributed by atoms with E-state index in [1.807, 2.05) is 0 Å². The molecule has 2 aromatic rings. The Hall–Kier alpha value is -2.09. The predicted octanol–water partition coefficient (Wildman–Crippen LogP) is 4.18. The Morgan fingerprint density at radius 1 is 1.18 bits per heavy atom. The molecule has 1 aromatic carbocycles. The molecule has 118 valence electrons. The van der Waals surface area contributed by atoms with Gasteiger partial charge in [0.2, 0.25) is 0 Å². The van der Waals surface area contributed by atoms with Crippen LogP contribution in [0.5, 0.6) is 0 Å². The van der Waals surface area contributed by atoms with E-state index >= 15 is 0 Å². The second-order valence-electron chi connectivity index (χ2n) is 4.49. The monoisotopic (exact) mass is 332 g/mol. The van der Waals surface area contributed by atoms with Crippen LogP contribution >= 0.6 is 12.2 Å². The molecule has 0 radical (unpaired) electrons. The van der Waals surface area contributed by atoms with Crippen molar-refractivity contribution in [2.75, 3.05) is 11.9 Å². The molecule has 1 heterocycles. The molecule has 0 saturated heterocycles. The van der Waals surface area contributed by atoms with Gasteiger partial charge in [0.15, 0.2) is 5.11 Å². The smallest absolute Gasteiger partial charge is 0.406 e. The van der Waals surface area contributed by atoms with Gasteiger partial charge in [-0.3, -0.25) is 0 Å². The number of hydrogen-bond donors (Lipinski definition) is 1. The summed E-state index contributed by atoms with van der Waals surface area (Å²) in [6.07, 6.45) is -3.04. The van der Waals surface area contributed by atoms with E-state index in [2.05, 4.69) is 5.32 Å². The standard InChI is InChI=1S/C14H12F4N2OS/c15-10-3-5-11(6-4-10)19-13(22)20(9-14(16,17)18)8-12-2-1-7-21-12/h1-7H,8-9H2,(H,19,22). The minimum absolute atomic E-state index is 0.125. The fourth-order valence-electron chi connectivity index (χ4n) is 1.74. The lowest BCUT2D eigenvalue weighted by atomic mass is 10.3. The van der Waals surface area contributed by atoms with Crippen LogP contribution in [0.2, 0.25) is 0 Å². The summed E-state index contributed by atoms with van der Waals surface area (Å²) in [5.41, 5.74) is 0.401. The van der Waals surface area contributed by atoms with E-state index in [0.717, 1.165) is 4.90 Å². The summed E-state index contributed by atoms with van der Waals surface area (Å²) in [5, 5.41) is 2.53. The Kier molecular flexibility index (Phi) is 5.02. The molecule has 1 N–H and O–H groups in total. The highest BCUT2D eigenvalue weighted by Crippen LogP contribution is 2.20. The van der Waals surface area contributed by atoms with E-state index < -0.39 is 18.5 Å². The predicted molar refractivity (Wildman–Crippen MR) is 77.8 cm³/mol. The van der Waals surface area contributed by atoms with Gasteiger partial charge in [-0.05, 0) is 48.6 Å². The van der Waals surface area contributed by atoms with Gasteiger partial charge in [-0.15, -0.1) is 0 Å². The molecule has 0 aliphatic heterocycles. The number of alkyl halides is 3. The Bertz CT molecular complexity index is 611. The van der Waals surface area contributed by atoms with Crippen LogP contribution in [0.1, 0.15) is 5.76 Å². The summed E-state index contributed by atoms with van der Waals surface area (Å²) in [6.45, 7) is -1.35. The summed E-state index contributed by atoms with van der Waals surface area (Å²) in [4.78, 5) is 0.928. The van der Waals surface area contributed by atoms with Crippen molar-refractivity contribution in [1.82, 2.24) is 4.90 Å². The molecule has 0 amide bonds. The molecule has 0 unspecified atom stereocenters. The Morgan fingerprint density at radius 2 is 1.86 bits per heavy atom. The number of nitrogens with zero attached hydrogens (tertiary/aromatic N) is 1. The number of hydrogen-bond acceptors (Lipinski definition) is 2. The van der Waals surface area contributed by atoms with Crippen molar-refractivity contribution in [3.8, 4) is 0 Å². The van der Waals surface area contributed by atoms with Gasteiger partial charge in [-0.25, -0.2) is 4.39 Å². The zero-order valence-electron chi connectivity index (χ0n) is 11.2. The lowest BCUT2D eigenvalue weighted by molar-refractivity contribution is -0.138. The summed E-state index contributed by atoms with van der Waals surface area (Å²) in [5.74, 6) is -0.0910. The van der Waals surface area contributed by atoms with Gasteiger partial charge in [-0.1, -0.05) is 0 Å². The summed E-state index contributed by atoms with van der Waals surface area (Å²) >= 11 is 5.01. The van der Waals surface area contributed by atoms with Crippen molar-refractivity contribution in [3.05, 3.63) is 54.2 Å². The normalized spacial score (nSPS) is 11.3. The van der Waals surface area contributed by atoms with Crippen LogP contribution in [0.25, 0.3) is 0 Å². The molecule has 2 rings (SSSR count). The molecule has 0 aliphatic carbocycles. The van der Waals surface area contributed by atoms with Gasteiger partial charge in [0.25, 0.3) is 0 Å². The Balaban J connectivity index is 2.09. The van der Waals surface area contributed by atoms with Crippen molar-refractivity contribution >= 4 is 23.0 Å². The number of anilines is 1. The van der Waals surface area contributed by atoms with Gasteiger partial charge < -0.3 is 14.6 Å². The summed E-state index contributed by atoms with van der Waals surface area (Å²) in [6, 6.07) is 8.29. The van der Waals surface area contributed by atoms with Gasteiger partial charge in [0, 0.05) is 5.69 Å². The highest BCUT2D eigenvalue weighted by molar-refractivity contribution is 7.80. The fraction of sp³-hybridized carbons (Fsp3) is 0.214. The van der Waals surface area contributed by atoms with Crippen LogP contribution in [0.3, 0.4) is 0 Å². The molecule has 22 heavy (non-hydrogen) atoms. The quantitative estimate of drug-likeness (QED) is 0.672. The van der Waals surface area contributed by atoms with Crippen molar-refractivity contribution in [2.45, 2.75) is 12.7 Å². The lowest BCUT2D eigenvalue weighted by Crippen LogP contribution is -2.40. The van der Waals surface area contributed by atoms with Crippen molar-refractivity contribution in [1.29, 1.82) is 0 Å². The minimum atomic E-state index is -4.42. The van der Waals surface area contributed by atoms with E-state index in [0.29, 0.717) is 11.4 Å². The Labute approximate surface area is 129 Å². The van der Waals surface area contributed by atoms with E-state index in [4.69, 9.17) is 16.6 Å². The summed E-state index contributed by atoms with van der Waals surface area (Å²) in [7, 11) is 0. The first-order chi connectivity index (χ1) is 10.3. The van der Waals surface area contributed by atoms with Gasteiger partial charge >= 0.3 is 6.18 Å². The topological polar surface area (TPSA) is 28.4 Å². The van der Waals surface area contributed by atoms with Crippen molar-refractivity contribution in [2.24, 2.45) is 0 Å². The Morgan fingerprint density at radius 3 is 2.41 bits per heavy atom. The lowest BCUT2D eigenvalue weighted by Gasteiger charge is -2.26. The third-order valence-corrected chi connectivity index (χ3v) is 3.04. The van der Waals surface area contributed by atoms with Gasteiger partial charge in [0.1, 0.15) is 18.1 Å². The van der Waals surface area contributed by atoms with Crippen LogP contribution in [0.4, 0.5) is 23.2 Å². The fourth-order valence-corrected chi connectivity index (χ4v) is 1.99. The molecule has 0 atom stereocenters. The zero-order valence-corrected chi connectivity index (χ0v) is 12.0. The highest BCUT2D eigenvalue weighted by atomic mass is 32.1. The maximum absolute atomic E-state index is 12.8. The number of thiocarbonyl (C=S) groups is 1. The van der Waals surface area contributed by atoms with Crippen molar-refractivity contribution in [3.63, 3.8) is 0 Å². The average molecular weight is 332 g/mol.